The Kier molecular flexibility index (Phi) is 12.5. The number of carbonyl (C=O) groups excluding carboxylic acids is 3. The molecule has 10 nitrogen and oxygen atoms in total. The number of para-hydroxylation sites is 1. The van der Waals surface area contributed by atoms with Crippen LogP contribution in [0.3, 0.4) is 0 Å². The number of esters is 1. The van der Waals surface area contributed by atoms with E-state index in [4.69, 9.17) is 4.74 Å². The zero-order chi connectivity index (χ0) is 33.9. The van der Waals surface area contributed by atoms with Gasteiger partial charge in [-0.15, -0.1) is 13.2 Å². The summed E-state index contributed by atoms with van der Waals surface area (Å²) in [7, 11) is 3.84. The lowest BCUT2D eigenvalue weighted by atomic mass is 10.1. The number of amides is 3. The lowest BCUT2D eigenvalue weighted by Gasteiger charge is -2.24. The first kappa shape index (κ1) is 35.8. The lowest BCUT2D eigenvalue weighted by molar-refractivity contribution is -0.274. The monoisotopic (exact) mass is 643 g/mol. The minimum atomic E-state index is -4.81. The zero-order valence-electron chi connectivity index (χ0n) is 26.6. The van der Waals surface area contributed by atoms with E-state index < -0.39 is 29.7 Å². The first-order valence-electron chi connectivity index (χ1n) is 14.7. The molecule has 0 spiro atoms. The van der Waals surface area contributed by atoms with Crippen molar-refractivity contribution < 1.29 is 37.0 Å². The molecule has 3 amide bonds. The van der Waals surface area contributed by atoms with Crippen molar-refractivity contribution in [2.45, 2.75) is 58.5 Å². The topological polar surface area (TPSA) is 113 Å². The maximum Gasteiger partial charge on any atom is 0.573 e. The second-order valence-corrected chi connectivity index (χ2v) is 11.8. The summed E-state index contributed by atoms with van der Waals surface area (Å²) >= 11 is 0. The fraction of sp³-hybridized carbons (Fsp3) is 0.394. The van der Waals surface area contributed by atoms with Crippen molar-refractivity contribution in [2.75, 3.05) is 37.8 Å². The van der Waals surface area contributed by atoms with Crippen molar-refractivity contribution in [3.8, 4) is 5.75 Å². The van der Waals surface area contributed by atoms with E-state index in [1.54, 1.807) is 49.9 Å². The van der Waals surface area contributed by atoms with E-state index in [1.165, 1.54) is 18.3 Å². The van der Waals surface area contributed by atoms with Crippen molar-refractivity contribution in [1.82, 2.24) is 14.8 Å². The van der Waals surface area contributed by atoms with Crippen molar-refractivity contribution in [1.29, 1.82) is 0 Å². The third kappa shape index (κ3) is 12.8. The van der Waals surface area contributed by atoms with Crippen LogP contribution in [-0.4, -0.2) is 71.8 Å². The Morgan fingerprint density at radius 1 is 0.891 bits per heavy atom. The van der Waals surface area contributed by atoms with Crippen LogP contribution in [0, 0.1) is 0 Å². The molecule has 248 valence electrons. The molecule has 13 heteroatoms. The van der Waals surface area contributed by atoms with Gasteiger partial charge in [0, 0.05) is 37.1 Å². The summed E-state index contributed by atoms with van der Waals surface area (Å²) in [4.78, 5) is 46.2. The number of benzene rings is 2. The van der Waals surface area contributed by atoms with Crippen LogP contribution in [0.5, 0.6) is 5.75 Å². The fourth-order valence-electron chi connectivity index (χ4n) is 4.32. The summed E-state index contributed by atoms with van der Waals surface area (Å²) < 4.78 is 46.7. The summed E-state index contributed by atoms with van der Waals surface area (Å²) in [6, 6.07) is 14.9. The van der Waals surface area contributed by atoms with Crippen LogP contribution in [0.1, 0.15) is 55.2 Å². The normalized spacial score (nSPS) is 11.6. The van der Waals surface area contributed by atoms with Gasteiger partial charge in [0.15, 0.2) is 0 Å². The number of alkyl halides is 3. The van der Waals surface area contributed by atoms with Crippen molar-refractivity contribution in [2.24, 2.45) is 0 Å². The van der Waals surface area contributed by atoms with Crippen molar-refractivity contribution in [3.63, 3.8) is 0 Å². The third-order valence-corrected chi connectivity index (χ3v) is 6.37. The molecule has 0 aliphatic carbocycles. The van der Waals surface area contributed by atoms with Crippen molar-refractivity contribution >= 4 is 29.3 Å². The van der Waals surface area contributed by atoms with E-state index in [0.29, 0.717) is 36.3 Å². The van der Waals surface area contributed by atoms with E-state index in [2.05, 4.69) is 20.4 Å². The number of hydrogen-bond donors (Lipinski definition) is 2. The number of pyridine rings is 1. The molecule has 0 aliphatic rings. The Balaban J connectivity index is 1.65. The van der Waals surface area contributed by atoms with Gasteiger partial charge in [-0.3, -0.25) is 14.6 Å². The highest BCUT2D eigenvalue weighted by Crippen LogP contribution is 2.24. The maximum absolute atomic E-state index is 13.2. The average molecular weight is 644 g/mol. The van der Waals surface area contributed by atoms with E-state index >= 15 is 0 Å². The van der Waals surface area contributed by atoms with Gasteiger partial charge in [-0.25, -0.2) is 4.79 Å². The molecule has 46 heavy (non-hydrogen) atoms. The molecule has 0 aliphatic heterocycles. The number of halogens is 3. The molecule has 3 aromatic rings. The standard InChI is InChI=1S/C33H40F3N5O5/c1-32(2,3)46-29(42)18-12-24-9-6-7-10-27(24)39-30(43)28-17-11-23(21-37-28)22-41(20-8-19-40(4)5)31(44)38-25-13-15-26(16-14-25)45-33(34,35)36/h6-7,9-11,13-17,21H,8,12,18-20,22H2,1-5H3,(H,38,44)(H,39,43). The number of hydrogen-bond acceptors (Lipinski definition) is 7. The fourth-order valence-corrected chi connectivity index (χ4v) is 4.32. The molecule has 2 aromatic carbocycles. The van der Waals surface area contributed by atoms with E-state index in [-0.39, 0.29) is 24.6 Å². The van der Waals surface area contributed by atoms with Gasteiger partial charge < -0.3 is 29.9 Å². The number of ether oxygens (including phenoxy) is 2. The third-order valence-electron chi connectivity index (χ3n) is 6.37. The molecule has 0 saturated carbocycles. The van der Waals surface area contributed by atoms with Gasteiger partial charge in [-0.1, -0.05) is 24.3 Å². The van der Waals surface area contributed by atoms with Gasteiger partial charge in [0.05, 0.1) is 0 Å². The molecule has 0 saturated heterocycles. The van der Waals surface area contributed by atoms with Gasteiger partial charge in [0.2, 0.25) is 0 Å². The van der Waals surface area contributed by atoms with E-state index in [0.717, 1.165) is 24.2 Å². The van der Waals surface area contributed by atoms with Crippen LogP contribution in [0.15, 0.2) is 66.9 Å². The number of nitrogens with one attached hydrogen (secondary N) is 2. The largest absolute Gasteiger partial charge is 0.573 e. The number of carbonyl (C=O) groups is 3. The van der Waals surface area contributed by atoms with Gasteiger partial charge in [0.1, 0.15) is 17.0 Å². The molecule has 3 rings (SSSR count). The average Bonchev–Trinajstić information content (AvgIpc) is 2.95. The molecule has 0 unspecified atom stereocenters. The minimum absolute atomic E-state index is 0.160. The summed E-state index contributed by atoms with van der Waals surface area (Å²) in [5.41, 5.74) is 1.89. The van der Waals surface area contributed by atoms with Crippen LogP contribution in [-0.2, 0) is 22.5 Å². The number of urea groups is 1. The van der Waals surface area contributed by atoms with Crippen LogP contribution >= 0.6 is 0 Å². The maximum atomic E-state index is 13.2. The minimum Gasteiger partial charge on any atom is -0.460 e. The van der Waals surface area contributed by atoms with Crippen molar-refractivity contribution in [3.05, 3.63) is 83.7 Å². The Hall–Kier alpha value is -4.65. The number of nitrogens with zero attached hydrogens (tertiary/aromatic N) is 3. The summed E-state index contributed by atoms with van der Waals surface area (Å²) in [6.07, 6.45) is -2.09. The quantitative estimate of drug-likeness (QED) is 0.205. The Morgan fingerprint density at radius 2 is 1.59 bits per heavy atom. The molecule has 0 radical (unpaired) electrons. The molecule has 0 bridgehead atoms. The van der Waals surface area contributed by atoms with Crippen LogP contribution in [0.25, 0.3) is 0 Å². The van der Waals surface area contributed by atoms with Crippen LogP contribution in [0.2, 0.25) is 0 Å². The predicted octanol–water partition coefficient (Wildman–Crippen LogP) is 6.49. The summed E-state index contributed by atoms with van der Waals surface area (Å²) in [5.74, 6) is -1.16. The first-order chi connectivity index (χ1) is 21.6. The molecule has 2 N–H and O–H groups in total. The molecule has 0 fully saturated rings. The number of rotatable bonds is 13. The number of aryl methyl sites for hydroxylation is 1. The first-order valence-corrected chi connectivity index (χ1v) is 14.7. The Morgan fingerprint density at radius 3 is 2.20 bits per heavy atom. The molecule has 0 atom stereocenters. The highest BCUT2D eigenvalue weighted by molar-refractivity contribution is 6.03. The zero-order valence-corrected chi connectivity index (χ0v) is 26.6. The molecule has 1 heterocycles. The second-order valence-electron chi connectivity index (χ2n) is 11.8. The SMILES string of the molecule is CN(C)CCCN(Cc1ccc(C(=O)Nc2ccccc2CCC(=O)OC(C)(C)C)nc1)C(=O)Nc1ccc(OC(F)(F)F)cc1. The van der Waals surface area contributed by atoms with Crippen LogP contribution in [0.4, 0.5) is 29.3 Å². The molecule has 1 aromatic heterocycles. The summed E-state index contributed by atoms with van der Waals surface area (Å²) in [5, 5.41) is 5.56. The molecular weight excluding hydrogens is 603 g/mol. The van der Waals surface area contributed by atoms with E-state index in [1.807, 2.05) is 31.1 Å². The van der Waals surface area contributed by atoms with Gasteiger partial charge >= 0.3 is 18.4 Å². The Bertz CT molecular complexity index is 1460. The second kappa shape index (κ2) is 16.1. The van der Waals surface area contributed by atoms with E-state index in [9.17, 15) is 27.6 Å². The highest BCUT2D eigenvalue weighted by Gasteiger charge is 2.31. The highest BCUT2D eigenvalue weighted by atomic mass is 19.4. The summed E-state index contributed by atoms with van der Waals surface area (Å²) in [6.45, 7) is 6.70. The predicted molar refractivity (Wildman–Crippen MR) is 169 cm³/mol. The Labute approximate surface area is 266 Å². The number of aromatic nitrogens is 1. The smallest absolute Gasteiger partial charge is 0.460 e. The van der Waals surface area contributed by atoms with Gasteiger partial charge in [-0.05, 0) is 102 Å². The molecular formula is C33H40F3N5O5. The van der Waals surface area contributed by atoms with Crippen LogP contribution < -0.4 is 15.4 Å². The van der Waals surface area contributed by atoms with Gasteiger partial charge in [0.25, 0.3) is 5.91 Å². The lowest BCUT2D eigenvalue weighted by Crippen LogP contribution is -2.36. The van der Waals surface area contributed by atoms with Gasteiger partial charge in [-0.2, -0.15) is 0 Å². The number of anilines is 2.